The molecule has 2 unspecified atom stereocenters. The second kappa shape index (κ2) is 5.92. The third-order valence-corrected chi connectivity index (χ3v) is 3.91. The Morgan fingerprint density at radius 3 is 2.15 bits per heavy atom. The first-order valence-corrected chi connectivity index (χ1v) is 7.01. The molecule has 1 aliphatic rings. The Hall–Kier alpha value is -1.42. The zero-order valence-corrected chi connectivity index (χ0v) is 12.7. The number of hydrogen-bond acceptors (Lipinski definition) is 4. The molecule has 1 fully saturated rings. The number of ether oxygens (including phenoxy) is 3. The molecular weight excluding hydrogens is 256 g/mol. The zero-order chi connectivity index (χ0) is 14.8. The Labute approximate surface area is 120 Å². The van der Waals surface area contributed by atoms with E-state index in [-0.39, 0.29) is 11.5 Å². The van der Waals surface area contributed by atoms with Crippen LogP contribution in [0.5, 0.6) is 17.2 Å². The van der Waals surface area contributed by atoms with Crippen molar-refractivity contribution in [3.8, 4) is 17.2 Å². The van der Waals surface area contributed by atoms with Crippen LogP contribution >= 0.6 is 0 Å². The molecule has 2 rings (SSSR count). The maximum absolute atomic E-state index is 10.1. The van der Waals surface area contributed by atoms with Gasteiger partial charge in [0.1, 0.15) is 23.4 Å². The topological polar surface area (TPSA) is 47.9 Å². The van der Waals surface area contributed by atoms with Crippen LogP contribution in [0.15, 0.2) is 18.2 Å². The third kappa shape index (κ3) is 3.57. The van der Waals surface area contributed by atoms with Gasteiger partial charge in [-0.15, -0.1) is 0 Å². The summed E-state index contributed by atoms with van der Waals surface area (Å²) in [4.78, 5) is 0. The van der Waals surface area contributed by atoms with Crippen molar-refractivity contribution in [2.24, 2.45) is 5.41 Å². The third-order valence-electron chi connectivity index (χ3n) is 3.91. The van der Waals surface area contributed by atoms with Crippen LogP contribution in [-0.2, 0) is 0 Å². The first-order chi connectivity index (χ1) is 9.43. The molecule has 1 aromatic rings. The smallest absolute Gasteiger partial charge is 0.127 e. The largest absolute Gasteiger partial charge is 0.496 e. The molecule has 0 aromatic heterocycles. The standard InChI is InChI=1S/C16H24O4/c1-16(2)6-5-14(17)15(10-16)20-13-8-11(18-3)7-12(9-13)19-4/h7-9,14-15,17H,5-6,10H2,1-4H3. The highest BCUT2D eigenvalue weighted by atomic mass is 16.5. The lowest BCUT2D eigenvalue weighted by Gasteiger charge is -2.38. The second-order valence-electron chi connectivity index (χ2n) is 6.18. The van der Waals surface area contributed by atoms with Crippen LogP contribution in [0.3, 0.4) is 0 Å². The predicted molar refractivity (Wildman–Crippen MR) is 77.6 cm³/mol. The van der Waals surface area contributed by atoms with Crippen molar-refractivity contribution < 1.29 is 19.3 Å². The Kier molecular flexibility index (Phi) is 4.43. The molecule has 112 valence electrons. The number of rotatable bonds is 4. The summed E-state index contributed by atoms with van der Waals surface area (Å²) in [5.74, 6) is 2.04. The fourth-order valence-electron chi connectivity index (χ4n) is 2.65. The highest BCUT2D eigenvalue weighted by Crippen LogP contribution is 2.38. The summed E-state index contributed by atoms with van der Waals surface area (Å²) in [6.45, 7) is 4.42. The fraction of sp³-hybridized carbons (Fsp3) is 0.625. The van der Waals surface area contributed by atoms with Gasteiger partial charge in [0, 0.05) is 18.2 Å². The maximum Gasteiger partial charge on any atom is 0.127 e. The van der Waals surface area contributed by atoms with Crippen molar-refractivity contribution >= 4 is 0 Å². The van der Waals surface area contributed by atoms with E-state index in [2.05, 4.69) is 13.8 Å². The Bertz CT molecular complexity index is 434. The fourth-order valence-corrected chi connectivity index (χ4v) is 2.65. The summed E-state index contributed by atoms with van der Waals surface area (Å²) in [5, 5.41) is 10.1. The van der Waals surface area contributed by atoms with Crippen molar-refractivity contribution in [3.05, 3.63) is 18.2 Å². The summed E-state index contributed by atoms with van der Waals surface area (Å²) >= 11 is 0. The normalized spacial score (nSPS) is 25.1. The monoisotopic (exact) mass is 280 g/mol. The molecule has 1 aliphatic carbocycles. The summed E-state index contributed by atoms with van der Waals surface area (Å²) in [5.41, 5.74) is 0.201. The van der Waals surface area contributed by atoms with E-state index in [4.69, 9.17) is 14.2 Å². The van der Waals surface area contributed by atoms with Gasteiger partial charge >= 0.3 is 0 Å². The minimum atomic E-state index is -0.416. The SMILES string of the molecule is COc1cc(OC)cc(OC2CC(C)(C)CCC2O)c1. The van der Waals surface area contributed by atoms with Crippen LogP contribution in [0.1, 0.15) is 33.1 Å². The molecule has 2 atom stereocenters. The van der Waals surface area contributed by atoms with Gasteiger partial charge in [0.15, 0.2) is 0 Å². The van der Waals surface area contributed by atoms with Crippen LogP contribution in [-0.4, -0.2) is 31.5 Å². The van der Waals surface area contributed by atoms with Crippen LogP contribution in [0, 0.1) is 5.41 Å². The van der Waals surface area contributed by atoms with E-state index in [1.807, 2.05) is 12.1 Å². The van der Waals surface area contributed by atoms with E-state index < -0.39 is 6.10 Å². The van der Waals surface area contributed by atoms with Crippen molar-refractivity contribution in [3.63, 3.8) is 0 Å². The molecule has 0 radical (unpaired) electrons. The van der Waals surface area contributed by atoms with E-state index in [0.717, 1.165) is 19.3 Å². The first kappa shape index (κ1) is 15.0. The Morgan fingerprint density at radius 2 is 1.60 bits per heavy atom. The van der Waals surface area contributed by atoms with Gasteiger partial charge in [-0.2, -0.15) is 0 Å². The quantitative estimate of drug-likeness (QED) is 0.921. The molecule has 20 heavy (non-hydrogen) atoms. The predicted octanol–water partition coefficient (Wildman–Crippen LogP) is 3.02. The highest BCUT2D eigenvalue weighted by Gasteiger charge is 2.35. The van der Waals surface area contributed by atoms with E-state index in [1.165, 1.54) is 0 Å². The lowest BCUT2D eigenvalue weighted by atomic mass is 9.75. The number of aliphatic hydroxyl groups is 1. The molecule has 1 N–H and O–H groups in total. The molecule has 1 aromatic carbocycles. The van der Waals surface area contributed by atoms with Gasteiger partial charge in [-0.25, -0.2) is 0 Å². The zero-order valence-electron chi connectivity index (χ0n) is 12.7. The average molecular weight is 280 g/mol. The van der Waals surface area contributed by atoms with Gasteiger partial charge in [0.05, 0.1) is 20.3 Å². The van der Waals surface area contributed by atoms with E-state index >= 15 is 0 Å². The van der Waals surface area contributed by atoms with Crippen LogP contribution in [0.4, 0.5) is 0 Å². The van der Waals surface area contributed by atoms with Gasteiger partial charge in [0.2, 0.25) is 0 Å². The van der Waals surface area contributed by atoms with Gasteiger partial charge < -0.3 is 19.3 Å². The van der Waals surface area contributed by atoms with Crippen LogP contribution in [0.2, 0.25) is 0 Å². The summed E-state index contributed by atoms with van der Waals surface area (Å²) < 4.78 is 16.4. The summed E-state index contributed by atoms with van der Waals surface area (Å²) in [7, 11) is 3.22. The molecule has 0 saturated heterocycles. The van der Waals surface area contributed by atoms with Crippen molar-refractivity contribution in [2.75, 3.05) is 14.2 Å². The Morgan fingerprint density at radius 1 is 1.05 bits per heavy atom. The average Bonchev–Trinajstić information content (AvgIpc) is 2.42. The second-order valence-corrected chi connectivity index (χ2v) is 6.18. The maximum atomic E-state index is 10.1. The molecule has 0 spiro atoms. The number of hydrogen-bond donors (Lipinski definition) is 1. The van der Waals surface area contributed by atoms with Gasteiger partial charge in [-0.3, -0.25) is 0 Å². The number of aliphatic hydroxyl groups excluding tert-OH is 1. The van der Waals surface area contributed by atoms with Crippen molar-refractivity contribution in [1.29, 1.82) is 0 Å². The molecule has 4 nitrogen and oxygen atoms in total. The highest BCUT2D eigenvalue weighted by molar-refractivity contribution is 5.42. The lowest BCUT2D eigenvalue weighted by Crippen LogP contribution is -2.41. The van der Waals surface area contributed by atoms with E-state index in [0.29, 0.717) is 17.2 Å². The molecule has 0 heterocycles. The van der Waals surface area contributed by atoms with Crippen LogP contribution < -0.4 is 14.2 Å². The van der Waals surface area contributed by atoms with Crippen molar-refractivity contribution in [2.45, 2.75) is 45.3 Å². The number of benzene rings is 1. The van der Waals surface area contributed by atoms with E-state index in [1.54, 1.807) is 20.3 Å². The summed E-state index contributed by atoms with van der Waals surface area (Å²) in [6.07, 6.45) is 2.04. The molecule has 0 aliphatic heterocycles. The molecule has 1 saturated carbocycles. The van der Waals surface area contributed by atoms with Crippen LogP contribution in [0.25, 0.3) is 0 Å². The molecule has 0 amide bonds. The minimum Gasteiger partial charge on any atom is -0.496 e. The summed E-state index contributed by atoms with van der Waals surface area (Å²) in [6, 6.07) is 5.43. The van der Waals surface area contributed by atoms with Gasteiger partial charge in [-0.05, 0) is 24.7 Å². The first-order valence-electron chi connectivity index (χ1n) is 7.01. The van der Waals surface area contributed by atoms with E-state index in [9.17, 15) is 5.11 Å². The molecule has 0 bridgehead atoms. The molecular formula is C16H24O4. The lowest BCUT2D eigenvalue weighted by molar-refractivity contribution is -0.0305. The number of methoxy groups -OCH3 is 2. The minimum absolute atomic E-state index is 0.185. The van der Waals surface area contributed by atoms with Crippen molar-refractivity contribution in [1.82, 2.24) is 0 Å². The Balaban J connectivity index is 2.15. The van der Waals surface area contributed by atoms with Gasteiger partial charge in [0.25, 0.3) is 0 Å². The molecule has 4 heteroatoms. The van der Waals surface area contributed by atoms with Gasteiger partial charge in [-0.1, -0.05) is 13.8 Å².